The van der Waals surface area contributed by atoms with E-state index in [1.807, 2.05) is 20.8 Å². The number of carbonyl (C=O) groups is 1. The molecule has 0 aromatic carbocycles. The van der Waals surface area contributed by atoms with Crippen LogP contribution in [0.1, 0.15) is 40.0 Å². The Morgan fingerprint density at radius 2 is 2.09 bits per heavy atom. The summed E-state index contributed by atoms with van der Waals surface area (Å²) in [6.45, 7) is 7.89. The van der Waals surface area contributed by atoms with Crippen LogP contribution in [-0.2, 0) is 9.47 Å². The number of likely N-dealkylation sites (tertiary alicyclic amines) is 1. The van der Waals surface area contributed by atoms with Crippen molar-refractivity contribution in [1.82, 2.24) is 10.2 Å². The fourth-order valence-corrected chi connectivity index (χ4v) is 3.04. The highest BCUT2D eigenvalue weighted by Crippen LogP contribution is 2.20. The second-order valence-corrected chi connectivity index (χ2v) is 7.32. The first-order valence-electron chi connectivity index (χ1n) is 8.28. The minimum Gasteiger partial charge on any atom is -0.444 e. The number of hydrogen-bond donors (Lipinski definition) is 1. The van der Waals surface area contributed by atoms with Crippen molar-refractivity contribution in [2.75, 3.05) is 26.7 Å². The molecule has 1 aliphatic carbocycles. The van der Waals surface area contributed by atoms with E-state index in [1.54, 1.807) is 12.0 Å². The van der Waals surface area contributed by atoms with Gasteiger partial charge in [0, 0.05) is 13.7 Å². The van der Waals surface area contributed by atoms with Crippen LogP contribution in [0.3, 0.4) is 0 Å². The summed E-state index contributed by atoms with van der Waals surface area (Å²) in [6, 6.07) is 0.184. The van der Waals surface area contributed by atoms with Crippen LogP contribution in [-0.4, -0.2) is 55.5 Å². The predicted octanol–water partition coefficient (Wildman–Crippen LogP) is 2.57. The first kappa shape index (κ1) is 17.3. The summed E-state index contributed by atoms with van der Waals surface area (Å²) in [5.41, 5.74) is -0.459. The molecule has 0 spiro atoms. The van der Waals surface area contributed by atoms with E-state index < -0.39 is 5.60 Å². The Morgan fingerprint density at radius 3 is 2.68 bits per heavy atom. The Morgan fingerprint density at radius 1 is 1.32 bits per heavy atom. The zero-order valence-electron chi connectivity index (χ0n) is 14.3. The molecule has 1 aliphatic heterocycles. The molecule has 22 heavy (non-hydrogen) atoms. The zero-order chi connectivity index (χ0) is 16.2. The van der Waals surface area contributed by atoms with Gasteiger partial charge in [0.15, 0.2) is 0 Å². The number of methoxy groups -OCH3 is 1. The number of ether oxygens (including phenoxy) is 2. The third-order valence-electron chi connectivity index (χ3n) is 4.27. The highest BCUT2D eigenvalue weighted by atomic mass is 16.6. The topological polar surface area (TPSA) is 50.8 Å². The fraction of sp³-hybridized carbons (Fsp3) is 0.824. The van der Waals surface area contributed by atoms with Crippen molar-refractivity contribution in [3.8, 4) is 0 Å². The van der Waals surface area contributed by atoms with Gasteiger partial charge in [0.05, 0.1) is 18.7 Å². The third-order valence-corrected chi connectivity index (χ3v) is 4.27. The normalized spacial score (nSPS) is 28.9. The van der Waals surface area contributed by atoms with E-state index >= 15 is 0 Å². The highest BCUT2D eigenvalue weighted by Gasteiger charge is 2.37. The Labute approximate surface area is 134 Å². The van der Waals surface area contributed by atoms with E-state index in [-0.39, 0.29) is 18.2 Å². The third kappa shape index (κ3) is 4.99. The maximum Gasteiger partial charge on any atom is 0.410 e. The SMILES string of the molecule is CO[C@H]1CN(C(=O)OC(C)(C)C)CC1NCC1CC=CCC1. The summed E-state index contributed by atoms with van der Waals surface area (Å²) in [4.78, 5) is 13.9. The standard InChI is InChI=1S/C17H30N2O3/c1-17(2,3)22-16(20)19-11-14(15(12-19)21-4)18-10-13-8-6-5-7-9-13/h5-6,13-15,18H,7-12H2,1-4H3/t13?,14?,15-/m0/s1. The van der Waals surface area contributed by atoms with Gasteiger partial charge in [0.25, 0.3) is 0 Å². The number of allylic oxidation sites excluding steroid dienone is 2. The van der Waals surface area contributed by atoms with Crippen molar-refractivity contribution in [2.24, 2.45) is 5.92 Å². The quantitative estimate of drug-likeness (QED) is 0.811. The maximum absolute atomic E-state index is 12.2. The lowest BCUT2D eigenvalue weighted by atomic mass is 9.94. The molecule has 1 saturated heterocycles. The molecule has 0 aromatic heterocycles. The Hall–Kier alpha value is -1.07. The molecular formula is C17H30N2O3. The number of hydrogen-bond acceptors (Lipinski definition) is 4. The van der Waals surface area contributed by atoms with Crippen LogP contribution in [0.4, 0.5) is 4.79 Å². The van der Waals surface area contributed by atoms with Crippen LogP contribution in [0, 0.1) is 5.92 Å². The lowest BCUT2D eigenvalue weighted by Gasteiger charge is -2.24. The van der Waals surface area contributed by atoms with Crippen LogP contribution < -0.4 is 5.32 Å². The van der Waals surface area contributed by atoms with Crippen LogP contribution in [0.15, 0.2) is 12.2 Å². The molecule has 126 valence electrons. The van der Waals surface area contributed by atoms with Crippen LogP contribution in [0.5, 0.6) is 0 Å². The molecule has 2 unspecified atom stereocenters. The predicted molar refractivity (Wildman–Crippen MR) is 86.9 cm³/mol. The molecule has 0 bridgehead atoms. The van der Waals surface area contributed by atoms with Crippen molar-refractivity contribution in [3.63, 3.8) is 0 Å². The molecule has 1 heterocycles. The van der Waals surface area contributed by atoms with E-state index in [4.69, 9.17) is 9.47 Å². The van der Waals surface area contributed by atoms with E-state index in [1.165, 1.54) is 12.8 Å². The molecule has 5 nitrogen and oxygen atoms in total. The number of nitrogens with zero attached hydrogens (tertiary/aromatic N) is 1. The molecule has 1 fully saturated rings. The lowest BCUT2D eigenvalue weighted by molar-refractivity contribution is 0.0252. The van der Waals surface area contributed by atoms with E-state index in [0.29, 0.717) is 19.0 Å². The van der Waals surface area contributed by atoms with E-state index in [0.717, 1.165) is 13.0 Å². The van der Waals surface area contributed by atoms with Crippen LogP contribution in [0.2, 0.25) is 0 Å². The first-order valence-corrected chi connectivity index (χ1v) is 8.28. The van der Waals surface area contributed by atoms with Crippen LogP contribution in [0.25, 0.3) is 0 Å². The van der Waals surface area contributed by atoms with Gasteiger partial charge in [-0.25, -0.2) is 4.79 Å². The summed E-state index contributed by atoms with van der Waals surface area (Å²) < 4.78 is 11.0. The maximum atomic E-state index is 12.2. The minimum atomic E-state index is -0.459. The smallest absolute Gasteiger partial charge is 0.410 e. The zero-order valence-corrected chi connectivity index (χ0v) is 14.3. The second-order valence-electron chi connectivity index (χ2n) is 7.32. The molecule has 1 amide bonds. The van der Waals surface area contributed by atoms with Gasteiger partial charge in [-0.05, 0) is 52.5 Å². The molecule has 0 saturated carbocycles. The van der Waals surface area contributed by atoms with Gasteiger partial charge < -0.3 is 19.7 Å². The van der Waals surface area contributed by atoms with E-state index in [9.17, 15) is 4.79 Å². The van der Waals surface area contributed by atoms with Crippen molar-refractivity contribution < 1.29 is 14.3 Å². The molecule has 0 aromatic rings. The molecule has 3 atom stereocenters. The Balaban J connectivity index is 1.83. The van der Waals surface area contributed by atoms with Gasteiger partial charge in [-0.3, -0.25) is 0 Å². The van der Waals surface area contributed by atoms with Gasteiger partial charge in [-0.15, -0.1) is 0 Å². The molecule has 2 aliphatic rings. The number of nitrogens with one attached hydrogen (secondary N) is 1. The second kappa shape index (κ2) is 7.47. The number of carbonyl (C=O) groups excluding carboxylic acids is 1. The average Bonchev–Trinajstić information content (AvgIpc) is 2.88. The van der Waals surface area contributed by atoms with E-state index in [2.05, 4.69) is 17.5 Å². The van der Waals surface area contributed by atoms with Gasteiger partial charge in [-0.2, -0.15) is 0 Å². The van der Waals surface area contributed by atoms with Gasteiger partial charge in [0.1, 0.15) is 5.60 Å². The lowest BCUT2D eigenvalue weighted by Crippen LogP contribution is -2.42. The largest absolute Gasteiger partial charge is 0.444 e. The molecular weight excluding hydrogens is 280 g/mol. The highest BCUT2D eigenvalue weighted by molar-refractivity contribution is 5.68. The number of amides is 1. The van der Waals surface area contributed by atoms with Crippen molar-refractivity contribution in [2.45, 2.75) is 57.8 Å². The van der Waals surface area contributed by atoms with Crippen molar-refractivity contribution in [3.05, 3.63) is 12.2 Å². The number of rotatable bonds is 4. The van der Waals surface area contributed by atoms with Gasteiger partial charge >= 0.3 is 6.09 Å². The fourth-order valence-electron chi connectivity index (χ4n) is 3.04. The summed E-state index contributed by atoms with van der Waals surface area (Å²) in [5, 5.41) is 3.59. The van der Waals surface area contributed by atoms with Gasteiger partial charge in [-0.1, -0.05) is 12.2 Å². The molecule has 0 radical (unpaired) electrons. The summed E-state index contributed by atoms with van der Waals surface area (Å²) in [7, 11) is 1.71. The Bertz CT molecular complexity index is 403. The van der Waals surface area contributed by atoms with Crippen LogP contribution >= 0.6 is 0 Å². The first-order chi connectivity index (χ1) is 10.4. The molecule has 5 heteroatoms. The molecule has 1 N–H and O–H groups in total. The summed E-state index contributed by atoms with van der Waals surface area (Å²) >= 11 is 0. The average molecular weight is 310 g/mol. The van der Waals surface area contributed by atoms with Crippen molar-refractivity contribution in [1.29, 1.82) is 0 Å². The molecule has 2 rings (SSSR count). The summed E-state index contributed by atoms with van der Waals surface area (Å²) in [6.07, 6.45) is 7.87. The van der Waals surface area contributed by atoms with Crippen molar-refractivity contribution >= 4 is 6.09 Å². The van der Waals surface area contributed by atoms with Gasteiger partial charge in [0.2, 0.25) is 0 Å². The monoisotopic (exact) mass is 310 g/mol. The summed E-state index contributed by atoms with van der Waals surface area (Å²) in [5.74, 6) is 0.693. The Kier molecular flexibility index (Phi) is 5.87. The minimum absolute atomic E-state index is 0.0339.